The number of hydrogen-bond donors (Lipinski definition) is 1. The zero-order chi connectivity index (χ0) is 23.8. The Morgan fingerprint density at radius 1 is 1.12 bits per heavy atom. The second kappa shape index (κ2) is 11.6. The van der Waals surface area contributed by atoms with E-state index in [0.717, 1.165) is 61.1 Å². The quantitative estimate of drug-likeness (QED) is 0.528. The molecule has 0 saturated heterocycles. The number of benzene rings is 2. The first-order valence-electron chi connectivity index (χ1n) is 11.6. The number of aromatic nitrogens is 3. The molecule has 1 N–H and O–H groups in total. The van der Waals surface area contributed by atoms with Gasteiger partial charge in [0.05, 0.1) is 13.5 Å². The molecule has 2 aromatic carbocycles. The van der Waals surface area contributed by atoms with Crippen molar-refractivity contribution in [2.24, 2.45) is 0 Å². The molecule has 0 radical (unpaired) electrons. The maximum Gasteiger partial charge on any atom is 0.224 e. The van der Waals surface area contributed by atoms with Crippen molar-refractivity contribution in [3.63, 3.8) is 0 Å². The lowest BCUT2D eigenvalue weighted by atomic mass is 10.1. The standard InChI is InChI=1S/C26H30FN5O2/c1-34-23-7-3-2-5-21(23)6-4-15-31-16-13-25-30-29-24(32(25)18-17-31)12-14-28-26(33)19-20-8-10-22(27)11-9-20/h2-11H,12-19H2,1H3,(H,28,33)/b6-4+. The van der Waals surface area contributed by atoms with Gasteiger partial charge in [0.1, 0.15) is 23.2 Å². The largest absolute Gasteiger partial charge is 0.496 e. The fraction of sp³-hybridized carbons (Fsp3) is 0.346. The van der Waals surface area contributed by atoms with Crippen molar-refractivity contribution in [1.29, 1.82) is 0 Å². The highest BCUT2D eigenvalue weighted by molar-refractivity contribution is 5.78. The summed E-state index contributed by atoms with van der Waals surface area (Å²) in [5, 5.41) is 11.7. The van der Waals surface area contributed by atoms with Crippen LogP contribution in [-0.2, 0) is 30.6 Å². The molecule has 1 aliphatic heterocycles. The minimum Gasteiger partial charge on any atom is -0.496 e. The van der Waals surface area contributed by atoms with Crippen molar-refractivity contribution in [3.8, 4) is 5.75 Å². The lowest BCUT2D eigenvalue weighted by Crippen LogP contribution is -2.29. The molecule has 0 fully saturated rings. The Morgan fingerprint density at radius 3 is 2.76 bits per heavy atom. The normalized spacial score (nSPS) is 14.1. The molecule has 34 heavy (non-hydrogen) atoms. The van der Waals surface area contributed by atoms with E-state index in [0.29, 0.717) is 13.0 Å². The van der Waals surface area contributed by atoms with Gasteiger partial charge in [0.15, 0.2) is 0 Å². The van der Waals surface area contributed by atoms with Crippen LogP contribution in [0.5, 0.6) is 5.75 Å². The number of ether oxygens (including phenoxy) is 1. The molecule has 178 valence electrons. The van der Waals surface area contributed by atoms with Crippen molar-refractivity contribution < 1.29 is 13.9 Å². The van der Waals surface area contributed by atoms with Crippen LogP contribution in [0.25, 0.3) is 6.08 Å². The molecule has 0 spiro atoms. The zero-order valence-corrected chi connectivity index (χ0v) is 19.4. The third-order valence-corrected chi connectivity index (χ3v) is 5.94. The third kappa shape index (κ3) is 6.29. The maximum absolute atomic E-state index is 13.0. The Labute approximate surface area is 199 Å². The first-order chi connectivity index (χ1) is 16.6. The number of nitrogens with one attached hydrogen (secondary N) is 1. The number of rotatable bonds is 9. The third-order valence-electron chi connectivity index (χ3n) is 5.94. The van der Waals surface area contributed by atoms with E-state index in [-0.39, 0.29) is 18.1 Å². The Morgan fingerprint density at radius 2 is 1.94 bits per heavy atom. The predicted molar refractivity (Wildman–Crippen MR) is 129 cm³/mol. The van der Waals surface area contributed by atoms with E-state index in [1.807, 2.05) is 24.3 Å². The first kappa shape index (κ1) is 23.6. The molecule has 0 unspecified atom stereocenters. The number of carbonyl (C=O) groups excluding carboxylic acids is 1. The average molecular weight is 464 g/mol. The number of nitrogens with zero attached hydrogens (tertiary/aromatic N) is 4. The van der Waals surface area contributed by atoms with E-state index in [1.54, 1.807) is 19.2 Å². The summed E-state index contributed by atoms with van der Waals surface area (Å²) in [6.07, 6.45) is 5.96. The summed E-state index contributed by atoms with van der Waals surface area (Å²) in [6, 6.07) is 14.0. The van der Waals surface area contributed by atoms with Crippen LogP contribution in [0, 0.1) is 5.82 Å². The summed E-state index contributed by atoms with van der Waals surface area (Å²) in [6.45, 7) is 3.99. The lowest BCUT2D eigenvalue weighted by molar-refractivity contribution is -0.120. The molecule has 0 bridgehead atoms. The van der Waals surface area contributed by atoms with Crippen LogP contribution in [-0.4, -0.2) is 58.9 Å². The van der Waals surface area contributed by atoms with E-state index in [1.165, 1.54) is 12.1 Å². The van der Waals surface area contributed by atoms with Crippen LogP contribution in [0.3, 0.4) is 0 Å². The molecule has 1 aliphatic rings. The highest BCUT2D eigenvalue weighted by Gasteiger charge is 2.18. The van der Waals surface area contributed by atoms with Gasteiger partial charge in [-0.25, -0.2) is 4.39 Å². The van der Waals surface area contributed by atoms with Crippen LogP contribution in [0.1, 0.15) is 22.8 Å². The van der Waals surface area contributed by atoms with Gasteiger partial charge in [-0.05, 0) is 23.8 Å². The number of halogens is 1. The predicted octanol–water partition coefficient (Wildman–Crippen LogP) is 2.90. The maximum atomic E-state index is 13.0. The highest BCUT2D eigenvalue weighted by atomic mass is 19.1. The van der Waals surface area contributed by atoms with Gasteiger partial charge in [-0.3, -0.25) is 9.69 Å². The van der Waals surface area contributed by atoms with E-state index in [9.17, 15) is 9.18 Å². The van der Waals surface area contributed by atoms with Gasteiger partial charge in [0.25, 0.3) is 0 Å². The molecule has 7 nitrogen and oxygen atoms in total. The van der Waals surface area contributed by atoms with E-state index < -0.39 is 0 Å². The summed E-state index contributed by atoms with van der Waals surface area (Å²) in [4.78, 5) is 14.6. The monoisotopic (exact) mass is 463 g/mol. The summed E-state index contributed by atoms with van der Waals surface area (Å²) >= 11 is 0. The number of methoxy groups -OCH3 is 1. The fourth-order valence-corrected chi connectivity index (χ4v) is 4.09. The molecule has 0 aliphatic carbocycles. The Kier molecular flexibility index (Phi) is 8.04. The number of carbonyl (C=O) groups is 1. The van der Waals surface area contributed by atoms with Gasteiger partial charge < -0.3 is 14.6 Å². The Bertz CT molecular complexity index is 1130. The minimum absolute atomic E-state index is 0.0878. The van der Waals surface area contributed by atoms with Gasteiger partial charge >= 0.3 is 0 Å². The minimum atomic E-state index is -0.303. The second-order valence-electron chi connectivity index (χ2n) is 8.28. The van der Waals surface area contributed by atoms with E-state index in [2.05, 4.69) is 37.1 Å². The molecule has 2 heterocycles. The van der Waals surface area contributed by atoms with E-state index in [4.69, 9.17) is 4.74 Å². The van der Waals surface area contributed by atoms with Gasteiger partial charge in [0.2, 0.25) is 5.91 Å². The van der Waals surface area contributed by atoms with Crippen molar-refractivity contribution in [1.82, 2.24) is 25.0 Å². The molecule has 3 aromatic rings. The second-order valence-corrected chi connectivity index (χ2v) is 8.28. The van der Waals surface area contributed by atoms with Crippen LogP contribution >= 0.6 is 0 Å². The van der Waals surface area contributed by atoms with Crippen LogP contribution in [0.2, 0.25) is 0 Å². The van der Waals surface area contributed by atoms with Crippen molar-refractivity contribution in [3.05, 3.63) is 83.2 Å². The molecular formula is C26H30FN5O2. The highest BCUT2D eigenvalue weighted by Crippen LogP contribution is 2.19. The number of para-hydroxylation sites is 1. The zero-order valence-electron chi connectivity index (χ0n) is 19.4. The molecular weight excluding hydrogens is 433 g/mol. The van der Waals surface area contributed by atoms with Crippen LogP contribution in [0.15, 0.2) is 54.6 Å². The topological polar surface area (TPSA) is 72.3 Å². The first-order valence-corrected chi connectivity index (χ1v) is 11.6. The molecule has 8 heteroatoms. The van der Waals surface area contributed by atoms with Gasteiger partial charge in [-0.2, -0.15) is 0 Å². The summed E-state index contributed by atoms with van der Waals surface area (Å²) in [7, 11) is 1.69. The number of hydrogen-bond acceptors (Lipinski definition) is 5. The smallest absolute Gasteiger partial charge is 0.224 e. The molecule has 4 rings (SSSR count). The number of amides is 1. The van der Waals surface area contributed by atoms with Crippen LogP contribution in [0.4, 0.5) is 4.39 Å². The van der Waals surface area contributed by atoms with Crippen molar-refractivity contribution >= 4 is 12.0 Å². The fourth-order valence-electron chi connectivity index (χ4n) is 4.09. The summed E-state index contributed by atoms with van der Waals surface area (Å²) in [5.74, 6) is 2.36. The van der Waals surface area contributed by atoms with Crippen LogP contribution < -0.4 is 10.1 Å². The van der Waals surface area contributed by atoms with Gasteiger partial charge in [-0.15, -0.1) is 10.2 Å². The Balaban J connectivity index is 1.25. The van der Waals surface area contributed by atoms with Gasteiger partial charge in [-0.1, -0.05) is 42.5 Å². The summed E-state index contributed by atoms with van der Waals surface area (Å²) in [5.41, 5.74) is 1.86. The molecule has 0 saturated carbocycles. The van der Waals surface area contributed by atoms with Gasteiger partial charge in [0, 0.05) is 51.1 Å². The lowest BCUT2D eigenvalue weighted by Gasteiger charge is -2.17. The van der Waals surface area contributed by atoms with E-state index >= 15 is 0 Å². The number of fused-ring (bicyclic) bond motifs is 1. The molecule has 1 amide bonds. The average Bonchev–Trinajstić information content (AvgIpc) is 3.11. The SMILES string of the molecule is COc1ccccc1/C=C/CN1CCc2nnc(CCNC(=O)Cc3ccc(F)cc3)n2CC1. The molecule has 0 atom stereocenters. The van der Waals surface area contributed by atoms with Crippen molar-refractivity contribution in [2.45, 2.75) is 25.8 Å². The Hall–Kier alpha value is -3.52. The molecule has 1 aromatic heterocycles. The van der Waals surface area contributed by atoms with Crippen molar-refractivity contribution in [2.75, 3.05) is 33.3 Å². The summed E-state index contributed by atoms with van der Waals surface area (Å²) < 4.78 is 20.6.